The number of fused-ring (bicyclic) bond motifs is 4. The maximum Gasteiger partial charge on any atom is 0.00624 e. The van der Waals surface area contributed by atoms with Crippen molar-refractivity contribution in [3.05, 3.63) is 250 Å². The molecule has 11 aromatic carbocycles. The molecular weight excluding hydrogens is 841 g/mol. The molecule has 0 bridgehead atoms. The maximum absolute atomic E-state index is 2.61. The zero-order valence-electron chi connectivity index (χ0n) is 41.0. The van der Waals surface area contributed by atoms with Crippen molar-refractivity contribution in [2.24, 2.45) is 0 Å². The van der Waals surface area contributed by atoms with E-state index in [9.17, 15) is 0 Å². The lowest BCUT2D eigenvalue weighted by Crippen LogP contribution is -2.33. The van der Waals surface area contributed by atoms with Gasteiger partial charge in [-0.1, -0.05) is 228 Å². The summed E-state index contributed by atoms with van der Waals surface area (Å²) in [7, 11) is 0. The molecule has 0 aromatic heterocycles. The Morgan fingerprint density at radius 3 is 0.971 bits per heavy atom. The average Bonchev–Trinajstić information content (AvgIpc) is 3.38. The molecule has 70 heavy (non-hydrogen) atoms. The smallest absolute Gasteiger partial charge is 0.00624 e. The van der Waals surface area contributed by atoms with Crippen LogP contribution < -0.4 is 10.4 Å². The van der Waals surface area contributed by atoms with E-state index in [1.165, 1.54) is 148 Å². The molecule has 0 amide bonds. The lowest BCUT2D eigenvalue weighted by Gasteiger charge is -2.23. The number of aryl methyl sites for hydroxylation is 6. The van der Waals surface area contributed by atoms with Crippen molar-refractivity contribution in [2.45, 2.75) is 53.9 Å². The second-order valence-corrected chi connectivity index (χ2v) is 20.1. The predicted octanol–water partition coefficient (Wildman–Crippen LogP) is 17.7. The van der Waals surface area contributed by atoms with E-state index < -0.39 is 0 Å². The molecule has 1 aliphatic rings. The van der Waals surface area contributed by atoms with Crippen LogP contribution in [0.5, 0.6) is 0 Å². The fraction of sp³-hybridized carbons (Fsp3) is 0.114. The van der Waals surface area contributed by atoms with Gasteiger partial charge in [0.25, 0.3) is 0 Å². The highest BCUT2D eigenvalue weighted by Gasteiger charge is 2.23. The van der Waals surface area contributed by atoms with E-state index >= 15 is 0 Å². The van der Waals surface area contributed by atoms with Gasteiger partial charge < -0.3 is 0 Å². The van der Waals surface area contributed by atoms with Gasteiger partial charge in [-0.2, -0.15) is 0 Å². The summed E-state index contributed by atoms with van der Waals surface area (Å²) < 4.78 is 0. The van der Waals surface area contributed by atoms with Crippen LogP contribution in [0.25, 0.3) is 111 Å². The van der Waals surface area contributed by atoms with E-state index in [4.69, 9.17) is 0 Å². The summed E-state index contributed by atoms with van der Waals surface area (Å²) in [6, 6.07) is 76.3. The van der Waals surface area contributed by atoms with Gasteiger partial charge in [0, 0.05) is 5.92 Å². The highest BCUT2D eigenvalue weighted by atomic mass is 14.3. The second-order valence-electron chi connectivity index (χ2n) is 20.1. The number of hydrogen-bond donors (Lipinski definition) is 0. The van der Waals surface area contributed by atoms with Gasteiger partial charge >= 0.3 is 0 Å². The van der Waals surface area contributed by atoms with E-state index in [0.29, 0.717) is 0 Å². The SMILES string of the molecule is Cc1ccc(-c2ccc3c(-c4ccc(C)cc4)c4c(c(-c5ccc(C)cc5)c3c2)=CCC(c2ccc3c(-c5ccc(C)cc5)c5cc(-c6ccc(C)cc6)ccc5c(-c5ccc(C)cc5)c3c2)C=4)cc1. The van der Waals surface area contributed by atoms with Crippen molar-refractivity contribution in [1.82, 2.24) is 0 Å². The van der Waals surface area contributed by atoms with E-state index in [2.05, 4.69) is 254 Å². The van der Waals surface area contributed by atoms with Crippen LogP contribution in [0.1, 0.15) is 51.3 Å². The topological polar surface area (TPSA) is 0 Å². The van der Waals surface area contributed by atoms with Crippen LogP contribution in [-0.2, 0) is 0 Å². The largest absolute Gasteiger partial charge is 0.0751 e. The van der Waals surface area contributed by atoms with Crippen molar-refractivity contribution in [1.29, 1.82) is 0 Å². The van der Waals surface area contributed by atoms with Gasteiger partial charge in [0.1, 0.15) is 0 Å². The molecule has 12 rings (SSSR count). The van der Waals surface area contributed by atoms with Crippen LogP contribution >= 0.6 is 0 Å². The Hall–Kier alpha value is -8.06. The summed E-state index contributed by atoms with van der Waals surface area (Å²) in [5.41, 5.74) is 24.0. The molecule has 0 nitrogen and oxygen atoms in total. The molecule has 336 valence electrons. The first-order valence-corrected chi connectivity index (χ1v) is 24.9. The molecule has 0 radical (unpaired) electrons. The second kappa shape index (κ2) is 17.5. The first-order chi connectivity index (χ1) is 34.1. The summed E-state index contributed by atoms with van der Waals surface area (Å²) in [5, 5.41) is 10.3. The van der Waals surface area contributed by atoms with Crippen LogP contribution in [0.15, 0.2) is 200 Å². The van der Waals surface area contributed by atoms with Crippen LogP contribution in [0, 0.1) is 41.5 Å². The fourth-order valence-corrected chi connectivity index (χ4v) is 11.1. The summed E-state index contributed by atoms with van der Waals surface area (Å²) in [4.78, 5) is 0. The monoisotopic (exact) mass is 896 g/mol. The normalized spacial score (nSPS) is 13.3. The number of benzene rings is 11. The molecule has 0 aliphatic heterocycles. The Labute approximate surface area is 412 Å². The van der Waals surface area contributed by atoms with Gasteiger partial charge in [-0.15, -0.1) is 0 Å². The molecule has 0 N–H and O–H groups in total. The third kappa shape index (κ3) is 7.75. The molecule has 1 unspecified atom stereocenters. The van der Waals surface area contributed by atoms with Crippen molar-refractivity contribution in [3.8, 4) is 66.8 Å². The van der Waals surface area contributed by atoms with Gasteiger partial charge in [0.2, 0.25) is 0 Å². The Balaban J connectivity index is 1.13. The highest BCUT2D eigenvalue weighted by Crippen LogP contribution is 2.46. The van der Waals surface area contributed by atoms with Crippen molar-refractivity contribution >= 4 is 44.5 Å². The standard InChI is InChI=1S/C70H56/c1-43-7-19-49(20-8-43)55-31-35-59-63(39-55)67(51-23-11-45(3)12-24-51)61-37-33-57(41-65(61)69(59)53-27-15-47(5)16-28-53)58-34-38-62-66(42-58)70(54-29-17-48(6)18-30-54)60-36-32-56(50-21-9-44(2)10-22-50)40-64(60)68(62)52-25-13-46(4)14-26-52/h7-33,35-42,58H,34H2,1-6H3. The molecule has 0 heterocycles. The lowest BCUT2D eigenvalue weighted by atomic mass is 9.80. The first kappa shape index (κ1) is 43.2. The van der Waals surface area contributed by atoms with Gasteiger partial charge in [-0.25, -0.2) is 0 Å². The summed E-state index contributed by atoms with van der Waals surface area (Å²) in [6.45, 7) is 13.0. The van der Waals surface area contributed by atoms with Gasteiger partial charge in [0.05, 0.1) is 0 Å². The van der Waals surface area contributed by atoms with Gasteiger partial charge in [-0.05, 0) is 181 Å². The summed E-state index contributed by atoms with van der Waals surface area (Å²) >= 11 is 0. The third-order valence-corrected chi connectivity index (χ3v) is 15.0. The minimum atomic E-state index is 0.157. The van der Waals surface area contributed by atoms with Crippen molar-refractivity contribution in [2.75, 3.05) is 0 Å². The molecule has 0 saturated carbocycles. The maximum atomic E-state index is 2.61. The van der Waals surface area contributed by atoms with Crippen molar-refractivity contribution < 1.29 is 0 Å². The Morgan fingerprint density at radius 1 is 0.257 bits per heavy atom. The molecule has 0 spiro atoms. The molecule has 1 aliphatic carbocycles. The summed E-state index contributed by atoms with van der Waals surface area (Å²) in [6.07, 6.45) is 6.06. The number of hydrogen-bond acceptors (Lipinski definition) is 0. The minimum absolute atomic E-state index is 0.157. The molecule has 11 aromatic rings. The third-order valence-electron chi connectivity index (χ3n) is 15.0. The summed E-state index contributed by atoms with van der Waals surface area (Å²) in [5.74, 6) is 0.157. The molecule has 0 saturated heterocycles. The van der Waals surface area contributed by atoms with Gasteiger partial charge in [0.15, 0.2) is 0 Å². The zero-order chi connectivity index (χ0) is 47.6. The molecular formula is C70H56. The van der Waals surface area contributed by atoms with Gasteiger partial charge in [-0.3, -0.25) is 0 Å². The molecule has 0 heteroatoms. The zero-order valence-corrected chi connectivity index (χ0v) is 41.0. The van der Waals surface area contributed by atoms with E-state index in [1.807, 2.05) is 0 Å². The Kier molecular flexibility index (Phi) is 10.8. The first-order valence-electron chi connectivity index (χ1n) is 24.9. The van der Waals surface area contributed by atoms with Crippen LogP contribution in [-0.4, -0.2) is 0 Å². The fourth-order valence-electron chi connectivity index (χ4n) is 11.1. The van der Waals surface area contributed by atoms with E-state index in [-0.39, 0.29) is 5.92 Å². The van der Waals surface area contributed by atoms with E-state index in [1.54, 1.807) is 0 Å². The lowest BCUT2D eigenvalue weighted by molar-refractivity contribution is 0.924. The minimum Gasteiger partial charge on any atom is -0.0751 e. The van der Waals surface area contributed by atoms with E-state index in [0.717, 1.165) is 6.42 Å². The van der Waals surface area contributed by atoms with Crippen LogP contribution in [0.2, 0.25) is 0 Å². The quantitative estimate of drug-likeness (QED) is 0.140. The highest BCUT2D eigenvalue weighted by molar-refractivity contribution is 6.22. The van der Waals surface area contributed by atoms with Crippen LogP contribution in [0.3, 0.4) is 0 Å². The van der Waals surface area contributed by atoms with Crippen molar-refractivity contribution in [3.63, 3.8) is 0 Å². The van der Waals surface area contributed by atoms with Crippen LogP contribution in [0.4, 0.5) is 0 Å². The Morgan fingerprint density at radius 2 is 0.557 bits per heavy atom. The average molecular weight is 897 g/mol. The number of rotatable bonds is 7. The Bertz CT molecular complexity index is 3940. The molecule has 0 fully saturated rings. The molecule has 1 atom stereocenters. The predicted molar refractivity (Wildman–Crippen MR) is 302 cm³/mol.